The number of Topliss-reactive ketones (excluding diaryl/α,β-unsaturated/α-hetero) is 1. The van der Waals surface area contributed by atoms with E-state index in [-0.39, 0.29) is 12.4 Å². The summed E-state index contributed by atoms with van der Waals surface area (Å²) in [6, 6.07) is 0.412. The van der Waals surface area contributed by atoms with Crippen molar-refractivity contribution in [3.63, 3.8) is 0 Å². The molecule has 0 spiro atoms. The van der Waals surface area contributed by atoms with Crippen molar-refractivity contribution in [2.24, 2.45) is 0 Å². The highest BCUT2D eigenvalue weighted by Crippen LogP contribution is 1.87. The molecule has 0 saturated carbocycles. The Hall–Kier alpha value is -0.410. The molecule has 0 rings (SSSR count). The van der Waals surface area contributed by atoms with Crippen molar-refractivity contribution >= 4 is 5.78 Å². The average molecular weight is 187 g/mol. The summed E-state index contributed by atoms with van der Waals surface area (Å²) in [5.41, 5.74) is 0. The molecule has 0 aromatic carbocycles. The van der Waals surface area contributed by atoms with E-state index in [1.807, 2.05) is 6.92 Å². The van der Waals surface area contributed by atoms with Gasteiger partial charge in [-0.15, -0.1) is 0 Å². The van der Waals surface area contributed by atoms with E-state index >= 15 is 0 Å². The van der Waals surface area contributed by atoms with Gasteiger partial charge in [-0.2, -0.15) is 0 Å². The van der Waals surface area contributed by atoms with Gasteiger partial charge in [-0.1, -0.05) is 13.8 Å². The van der Waals surface area contributed by atoms with Crippen molar-refractivity contribution < 1.29 is 9.53 Å². The molecule has 78 valence electrons. The second-order valence-electron chi connectivity index (χ2n) is 3.28. The number of ketones is 1. The number of carbonyl (C=O) groups is 1. The Morgan fingerprint density at radius 2 is 2.15 bits per heavy atom. The van der Waals surface area contributed by atoms with E-state index in [9.17, 15) is 4.79 Å². The van der Waals surface area contributed by atoms with Crippen molar-refractivity contribution in [1.29, 1.82) is 0 Å². The standard InChI is InChI=1S/C10H21NO2/c1-4-6-13-8-10(12)7-11-9(3)5-2/h9,11H,4-8H2,1-3H3. The number of hydrogen-bond acceptors (Lipinski definition) is 3. The molecular formula is C10H21NO2. The Kier molecular flexibility index (Phi) is 7.94. The molecule has 0 aromatic heterocycles. The van der Waals surface area contributed by atoms with Gasteiger partial charge in [0.05, 0.1) is 6.54 Å². The quantitative estimate of drug-likeness (QED) is 0.583. The van der Waals surface area contributed by atoms with Crippen LogP contribution < -0.4 is 5.32 Å². The number of ether oxygens (including phenoxy) is 1. The summed E-state index contributed by atoms with van der Waals surface area (Å²) < 4.78 is 5.12. The van der Waals surface area contributed by atoms with E-state index < -0.39 is 0 Å². The van der Waals surface area contributed by atoms with Crippen molar-refractivity contribution in [3.05, 3.63) is 0 Å². The zero-order chi connectivity index (χ0) is 10.1. The molecule has 3 nitrogen and oxygen atoms in total. The Morgan fingerprint density at radius 1 is 1.46 bits per heavy atom. The molecule has 0 bridgehead atoms. The van der Waals surface area contributed by atoms with Crippen molar-refractivity contribution in [3.8, 4) is 0 Å². The maximum absolute atomic E-state index is 11.2. The van der Waals surface area contributed by atoms with Crippen LogP contribution in [0.25, 0.3) is 0 Å². The maximum Gasteiger partial charge on any atom is 0.172 e. The molecule has 1 atom stereocenters. The topological polar surface area (TPSA) is 38.3 Å². The van der Waals surface area contributed by atoms with Crippen molar-refractivity contribution in [2.45, 2.75) is 39.7 Å². The van der Waals surface area contributed by atoms with Crippen LogP contribution in [0.4, 0.5) is 0 Å². The molecule has 0 heterocycles. The lowest BCUT2D eigenvalue weighted by atomic mass is 10.2. The smallest absolute Gasteiger partial charge is 0.172 e. The third-order valence-corrected chi connectivity index (χ3v) is 1.87. The zero-order valence-electron chi connectivity index (χ0n) is 8.93. The van der Waals surface area contributed by atoms with Crippen molar-refractivity contribution in [2.75, 3.05) is 19.8 Å². The van der Waals surface area contributed by atoms with Crippen LogP contribution in [0.5, 0.6) is 0 Å². The lowest BCUT2D eigenvalue weighted by Crippen LogP contribution is -2.32. The van der Waals surface area contributed by atoms with Crippen LogP contribution in [0, 0.1) is 0 Å². The Bertz CT molecular complexity index is 137. The average Bonchev–Trinajstić information content (AvgIpc) is 2.14. The van der Waals surface area contributed by atoms with E-state index in [2.05, 4.69) is 19.2 Å². The van der Waals surface area contributed by atoms with Gasteiger partial charge in [0, 0.05) is 12.6 Å². The van der Waals surface area contributed by atoms with Crippen LogP contribution in [0.1, 0.15) is 33.6 Å². The van der Waals surface area contributed by atoms with Gasteiger partial charge in [0.25, 0.3) is 0 Å². The molecule has 0 aliphatic rings. The number of rotatable bonds is 8. The minimum atomic E-state index is 0.133. The van der Waals surface area contributed by atoms with Gasteiger partial charge in [0.15, 0.2) is 5.78 Å². The SMILES string of the molecule is CCCOCC(=O)CNC(C)CC. The largest absolute Gasteiger partial charge is 0.374 e. The number of hydrogen-bond donors (Lipinski definition) is 1. The second kappa shape index (κ2) is 8.20. The predicted molar refractivity (Wildman–Crippen MR) is 53.9 cm³/mol. The van der Waals surface area contributed by atoms with E-state index in [1.165, 1.54) is 0 Å². The highest BCUT2D eigenvalue weighted by atomic mass is 16.5. The third kappa shape index (κ3) is 7.94. The summed E-state index contributed by atoms with van der Waals surface area (Å²) in [6.07, 6.45) is 2.01. The summed E-state index contributed by atoms with van der Waals surface area (Å²) >= 11 is 0. The summed E-state index contributed by atoms with van der Waals surface area (Å²) in [6.45, 7) is 7.54. The molecule has 0 aromatic rings. The molecule has 13 heavy (non-hydrogen) atoms. The Balaban J connectivity index is 3.30. The van der Waals surface area contributed by atoms with Gasteiger partial charge in [0.1, 0.15) is 6.61 Å². The number of carbonyl (C=O) groups excluding carboxylic acids is 1. The second-order valence-corrected chi connectivity index (χ2v) is 3.28. The van der Waals surface area contributed by atoms with Crippen molar-refractivity contribution in [1.82, 2.24) is 5.32 Å². The lowest BCUT2D eigenvalue weighted by molar-refractivity contribution is -0.122. The van der Waals surface area contributed by atoms with Gasteiger partial charge in [-0.3, -0.25) is 4.79 Å². The van der Waals surface area contributed by atoms with Gasteiger partial charge in [-0.25, -0.2) is 0 Å². The molecule has 1 unspecified atom stereocenters. The molecule has 0 saturated heterocycles. The van der Waals surface area contributed by atoms with Crippen LogP contribution >= 0.6 is 0 Å². The molecule has 1 N–H and O–H groups in total. The van der Waals surface area contributed by atoms with Gasteiger partial charge in [0.2, 0.25) is 0 Å². The van der Waals surface area contributed by atoms with Crippen LogP contribution in [0.3, 0.4) is 0 Å². The van der Waals surface area contributed by atoms with Crippen LogP contribution in [0.2, 0.25) is 0 Å². The van der Waals surface area contributed by atoms with Gasteiger partial charge >= 0.3 is 0 Å². The minimum Gasteiger partial charge on any atom is -0.374 e. The molecule has 0 fully saturated rings. The molecule has 0 radical (unpaired) electrons. The van der Waals surface area contributed by atoms with Gasteiger partial charge in [-0.05, 0) is 19.8 Å². The van der Waals surface area contributed by atoms with Crippen LogP contribution in [0.15, 0.2) is 0 Å². The van der Waals surface area contributed by atoms with E-state index in [0.717, 1.165) is 12.8 Å². The Labute approximate surface area is 80.8 Å². The first-order valence-corrected chi connectivity index (χ1v) is 5.03. The molecular weight excluding hydrogens is 166 g/mol. The molecule has 3 heteroatoms. The fourth-order valence-corrected chi connectivity index (χ4v) is 0.814. The predicted octanol–water partition coefficient (Wildman–Crippen LogP) is 1.37. The highest BCUT2D eigenvalue weighted by molar-refractivity contribution is 5.81. The lowest BCUT2D eigenvalue weighted by Gasteiger charge is -2.10. The fraction of sp³-hybridized carbons (Fsp3) is 0.900. The van der Waals surface area contributed by atoms with Crippen LogP contribution in [-0.2, 0) is 9.53 Å². The summed E-state index contributed by atoms with van der Waals surface area (Å²) in [4.78, 5) is 11.2. The number of nitrogens with one attached hydrogen (secondary N) is 1. The van der Waals surface area contributed by atoms with Crippen LogP contribution in [-0.4, -0.2) is 31.6 Å². The monoisotopic (exact) mass is 187 g/mol. The normalized spacial score (nSPS) is 12.8. The van der Waals surface area contributed by atoms with E-state index in [0.29, 0.717) is 19.2 Å². The first-order valence-electron chi connectivity index (χ1n) is 5.03. The van der Waals surface area contributed by atoms with Gasteiger partial charge < -0.3 is 10.1 Å². The molecule has 0 aliphatic heterocycles. The van der Waals surface area contributed by atoms with E-state index in [4.69, 9.17) is 4.74 Å². The first kappa shape index (κ1) is 12.6. The fourth-order valence-electron chi connectivity index (χ4n) is 0.814. The summed E-state index contributed by atoms with van der Waals surface area (Å²) in [5.74, 6) is 0.133. The maximum atomic E-state index is 11.2. The first-order chi connectivity index (χ1) is 6.20. The molecule has 0 aliphatic carbocycles. The molecule has 0 amide bonds. The highest BCUT2D eigenvalue weighted by Gasteiger charge is 2.03. The Morgan fingerprint density at radius 3 is 2.69 bits per heavy atom. The summed E-state index contributed by atoms with van der Waals surface area (Å²) in [7, 11) is 0. The third-order valence-electron chi connectivity index (χ3n) is 1.87. The minimum absolute atomic E-state index is 0.133. The zero-order valence-corrected chi connectivity index (χ0v) is 8.93. The summed E-state index contributed by atoms with van der Waals surface area (Å²) in [5, 5.41) is 3.13. The van der Waals surface area contributed by atoms with E-state index in [1.54, 1.807) is 0 Å².